The fourth-order valence-corrected chi connectivity index (χ4v) is 3.62. The van der Waals surface area contributed by atoms with Crippen LogP contribution in [0.1, 0.15) is 21.5 Å². The summed E-state index contributed by atoms with van der Waals surface area (Å²) in [6.45, 7) is 0.672. The van der Waals surface area contributed by atoms with Gasteiger partial charge in [0.1, 0.15) is 5.56 Å². The van der Waals surface area contributed by atoms with Gasteiger partial charge in [0.05, 0.1) is 0 Å². The minimum atomic E-state index is -0.832. The number of carbonyl (C=O) groups excluding carboxylic acids is 1. The van der Waals surface area contributed by atoms with Gasteiger partial charge in [0.15, 0.2) is 5.78 Å². The van der Waals surface area contributed by atoms with E-state index in [1.165, 1.54) is 20.2 Å². The van der Waals surface area contributed by atoms with Crippen molar-refractivity contribution in [2.45, 2.75) is 6.54 Å². The van der Waals surface area contributed by atoms with Crippen LogP contribution in [0.2, 0.25) is 0 Å². The van der Waals surface area contributed by atoms with Gasteiger partial charge in [-0.1, -0.05) is 48.5 Å². The van der Waals surface area contributed by atoms with Crippen LogP contribution in [0.25, 0.3) is 17.0 Å². The molecule has 156 valence electrons. The van der Waals surface area contributed by atoms with Gasteiger partial charge in [0.25, 0.3) is 5.56 Å². The minimum Gasteiger partial charge on any atom is -0.494 e. The first kappa shape index (κ1) is 20.2. The smallest absolute Gasteiger partial charge is 0.333 e. The monoisotopic (exact) mass is 415 g/mol. The van der Waals surface area contributed by atoms with E-state index >= 15 is 0 Å². The van der Waals surface area contributed by atoms with Crippen molar-refractivity contribution in [1.82, 2.24) is 13.7 Å². The number of fused-ring (bicyclic) bond motifs is 1. The Balaban J connectivity index is 1.74. The van der Waals surface area contributed by atoms with Gasteiger partial charge in [-0.3, -0.25) is 18.7 Å². The number of para-hydroxylation sites is 1. The molecule has 0 aliphatic rings. The number of rotatable bonds is 5. The van der Waals surface area contributed by atoms with E-state index in [0.717, 1.165) is 31.2 Å². The van der Waals surface area contributed by atoms with Crippen molar-refractivity contribution < 1.29 is 9.90 Å². The summed E-state index contributed by atoms with van der Waals surface area (Å²) in [5, 5.41) is 11.1. The van der Waals surface area contributed by atoms with Gasteiger partial charge in [-0.25, -0.2) is 4.79 Å². The highest BCUT2D eigenvalue weighted by Gasteiger charge is 2.20. The first-order valence-electron chi connectivity index (χ1n) is 9.71. The minimum absolute atomic E-state index is 0.436. The standard InChI is InChI=1S/C24H21N3O4/c1-25-22(29)21(23(30)26(2)24(25)31)20(28)13-12-17-15-27(14-16-8-4-3-5-9-16)19-11-7-6-10-18(17)19/h3-13,15,29H,14H2,1-2H3/b13-12+. The Hall–Kier alpha value is -4.13. The summed E-state index contributed by atoms with van der Waals surface area (Å²) < 4.78 is 3.76. The Morgan fingerprint density at radius 1 is 0.968 bits per heavy atom. The molecular weight excluding hydrogens is 394 g/mol. The summed E-state index contributed by atoms with van der Waals surface area (Å²) in [4.78, 5) is 37.0. The van der Waals surface area contributed by atoms with Crippen LogP contribution < -0.4 is 11.2 Å². The molecule has 0 fully saturated rings. The molecule has 4 rings (SSSR count). The molecule has 1 N–H and O–H groups in total. The lowest BCUT2D eigenvalue weighted by Gasteiger charge is -2.07. The number of benzene rings is 2. The van der Waals surface area contributed by atoms with Gasteiger partial charge in [0, 0.05) is 43.3 Å². The zero-order valence-corrected chi connectivity index (χ0v) is 17.1. The lowest BCUT2D eigenvalue weighted by molar-refractivity contribution is 0.104. The Bertz CT molecular complexity index is 1440. The first-order chi connectivity index (χ1) is 14.9. The third kappa shape index (κ3) is 3.61. The molecular formula is C24H21N3O4. The summed E-state index contributed by atoms with van der Waals surface area (Å²) in [5.41, 5.74) is 0.997. The number of hydrogen-bond donors (Lipinski definition) is 1. The number of hydrogen-bond acceptors (Lipinski definition) is 4. The van der Waals surface area contributed by atoms with Crippen molar-refractivity contribution in [3.63, 3.8) is 0 Å². The molecule has 2 aromatic heterocycles. The van der Waals surface area contributed by atoms with Crippen molar-refractivity contribution in [2.75, 3.05) is 0 Å². The molecule has 0 saturated heterocycles. The fraction of sp³-hybridized carbons (Fsp3) is 0.125. The van der Waals surface area contributed by atoms with Crippen LogP contribution in [0.15, 0.2) is 76.5 Å². The van der Waals surface area contributed by atoms with E-state index < -0.39 is 28.5 Å². The second kappa shape index (κ2) is 7.95. The summed E-state index contributed by atoms with van der Waals surface area (Å²) in [5.74, 6) is -1.32. The molecule has 0 bridgehead atoms. The van der Waals surface area contributed by atoms with Crippen molar-refractivity contribution in [3.8, 4) is 5.88 Å². The number of carbonyl (C=O) groups is 1. The predicted octanol–water partition coefficient (Wildman–Crippen LogP) is 2.69. The number of aromatic nitrogens is 3. The van der Waals surface area contributed by atoms with Crippen LogP contribution in [0, 0.1) is 0 Å². The molecule has 31 heavy (non-hydrogen) atoms. The predicted molar refractivity (Wildman–Crippen MR) is 119 cm³/mol. The average Bonchev–Trinajstić information content (AvgIpc) is 3.13. The van der Waals surface area contributed by atoms with Gasteiger partial charge in [-0.05, 0) is 23.8 Å². The molecule has 0 aliphatic heterocycles. The van der Waals surface area contributed by atoms with Crippen LogP contribution in [0.4, 0.5) is 0 Å². The third-order valence-corrected chi connectivity index (χ3v) is 5.31. The van der Waals surface area contributed by atoms with E-state index in [4.69, 9.17) is 0 Å². The number of nitrogens with zero attached hydrogens (tertiary/aromatic N) is 3. The molecule has 4 aromatic rings. The molecule has 0 atom stereocenters. The molecule has 2 heterocycles. The van der Waals surface area contributed by atoms with E-state index in [0.29, 0.717) is 6.54 Å². The van der Waals surface area contributed by atoms with Crippen LogP contribution in [0.5, 0.6) is 5.88 Å². The highest BCUT2D eigenvalue weighted by molar-refractivity contribution is 6.08. The zero-order chi connectivity index (χ0) is 22.1. The molecule has 7 nitrogen and oxygen atoms in total. The molecule has 0 amide bonds. The van der Waals surface area contributed by atoms with E-state index in [9.17, 15) is 19.5 Å². The van der Waals surface area contributed by atoms with Gasteiger partial charge in [0.2, 0.25) is 5.88 Å². The Labute approximate surface area is 177 Å². The maximum absolute atomic E-state index is 12.7. The molecule has 0 unspecified atom stereocenters. The van der Waals surface area contributed by atoms with Crippen molar-refractivity contribution in [1.29, 1.82) is 0 Å². The van der Waals surface area contributed by atoms with E-state index in [2.05, 4.69) is 4.57 Å². The van der Waals surface area contributed by atoms with Crippen LogP contribution >= 0.6 is 0 Å². The maximum atomic E-state index is 12.7. The molecule has 0 saturated carbocycles. The molecule has 0 spiro atoms. The molecule has 0 aliphatic carbocycles. The molecule has 7 heteroatoms. The van der Waals surface area contributed by atoms with Crippen LogP contribution in [0.3, 0.4) is 0 Å². The SMILES string of the molecule is Cn1c(O)c(C(=O)/C=C/c2cn(Cc3ccccc3)c3ccccc23)c(=O)n(C)c1=O. The second-order valence-electron chi connectivity index (χ2n) is 7.32. The van der Waals surface area contributed by atoms with Gasteiger partial charge < -0.3 is 9.67 Å². The quantitative estimate of drug-likeness (QED) is 0.401. The van der Waals surface area contributed by atoms with E-state index in [-0.39, 0.29) is 0 Å². The van der Waals surface area contributed by atoms with Gasteiger partial charge in [-0.15, -0.1) is 0 Å². The fourth-order valence-electron chi connectivity index (χ4n) is 3.62. The maximum Gasteiger partial charge on any atom is 0.333 e. The summed E-state index contributed by atoms with van der Waals surface area (Å²) in [6.07, 6.45) is 4.81. The van der Waals surface area contributed by atoms with Crippen LogP contribution in [-0.4, -0.2) is 24.6 Å². The topological polar surface area (TPSA) is 86.2 Å². The third-order valence-electron chi connectivity index (χ3n) is 5.31. The first-order valence-corrected chi connectivity index (χ1v) is 9.71. The van der Waals surface area contributed by atoms with E-state index in [1.807, 2.05) is 60.8 Å². The highest BCUT2D eigenvalue weighted by atomic mass is 16.3. The molecule has 2 aromatic carbocycles. The summed E-state index contributed by atoms with van der Waals surface area (Å²) in [7, 11) is 2.57. The average molecular weight is 415 g/mol. The highest BCUT2D eigenvalue weighted by Crippen LogP contribution is 2.24. The zero-order valence-electron chi connectivity index (χ0n) is 17.1. The second-order valence-corrected chi connectivity index (χ2v) is 7.32. The Kier molecular flexibility index (Phi) is 5.17. The van der Waals surface area contributed by atoms with E-state index in [1.54, 1.807) is 6.08 Å². The Morgan fingerprint density at radius 3 is 2.39 bits per heavy atom. The largest absolute Gasteiger partial charge is 0.494 e. The summed E-state index contributed by atoms with van der Waals surface area (Å²) in [6, 6.07) is 17.9. The normalized spacial score (nSPS) is 11.4. The van der Waals surface area contributed by atoms with Crippen molar-refractivity contribution >= 4 is 22.8 Å². The lowest BCUT2D eigenvalue weighted by Crippen LogP contribution is -2.39. The van der Waals surface area contributed by atoms with Crippen molar-refractivity contribution in [3.05, 3.63) is 104 Å². The van der Waals surface area contributed by atoms with Gasteiger partial charge >= 0.3 is 5.69 Å². The number of allylic oxidation sites excluding steroid dienone is 1. The lowest BCUT2D eigenvalue weighted by atomic mass is 10.1. The molecule has 0 radical (unpaired) electrons. The number of ketones is 1. The van der Waals surface area contributed by atoms with Gasteiger partial charge in [-0.2, -0.15) is 0 Å². The number of aromatic hydroxyl groups is 1. The Morgan fingerprint density at radius 2 is 1.65 bits per heavy atom. The van der Waals surface area contributed by atoms with Crippen molar-refractivity contribution in [2.24, 2.45) is 14.1 Å². The van der Waals surface area contributed by atoms with Crippen LogP contribution in [-0.2, 0) is 20.6 Å². The summed E-state index contributed by atoms with van der Waals surface area (Å²) >= 11 is 0.